The van der Waals surface area contributed by atoms with E-state index in [1.54, 1.807) is 13.0 Å². The van der Waals surface area contributed by atoms with Crippen LogP contribution < -0.4 is 16.0 Å². The van der Waals surface area contributed by atoms with E-state index in [4.69, 9.17) is 0 Å². The maximum absolute atomic E-state index is 14.2. The van der Waals surface area contributed by atoms with Gasteiger partial charge in [-0.05, 0) is 37.3 Å². The molecule has 1 heterocycles. The fraction of sp³-hybridized carbons (Fsp3) is 0.111. The van der Waals surface area contributed by atoms with Gasteiger partial charge in [-0.25, -0.2) is 13.6 Å². The zero-order chi connectivity index (χ0) is 18.0. The fourth-order valence-corrected chi connectivity index (χ4v) is 2.67. The Labute approximate surface area is 142 Å². The van der Waals surface area contributed by atoms with Crippen molar-refractivity contribution in [3.63, 3.8) is 0 Å². The zero-order valence-electron chi connectivity index (χ0n) is 13.3. The highest BCUT2D eigenvalue weighted by Gasteiger charge is 2.32. The topological polar surface area (TPSA) is 70.2 Å². The van der Waals surface area contributed by atoms with Gasteiger partial charge in [0.2, 0.25) is 0 Å². The molecule has 3 N–H and O–H groups in total. The van der Waals surface area contributed by atoms with Gasteiger partial charge in [0.1, 0.15) is 11.6 Å². The molecule has 2 aromatic rings. The van der Waals surface area contributed by atoms with E-state index < -0.39 is 29.6 Å². The lowest BCUT2D eigenvalue weighted by molar-refractivity contribution is -0.113. The molecule has 1 aliphatic heterocycles. The number of urea groups is 1. The summed E-state index contributed by atoms with van der Waals surface area (Å²) in [5.74, 6) is -1.48. The molecule has 1 unspecified atom stereocenters. The molecular formula is C18H15F2N3O2. The second-order valence-corrected chi connectivity index (χ2v) is 5.55. The van der Waals surface area contributed by atoms with Crippen LogP contribution in [0.3, 0.4) is 0 Å². The van der Waals surface area contributed by atoms with E-state index in [9.17, 15) is 18.4 Å². The third kappa shape index (κ3) is 3.50. The number of nitrogens with one attached hydrogen (secondary N) is 3. The van der Waals surface area contributed by atoms with Crippen LogP contribution >= 0.6 is 0 Å². The molecule has 25 heavy (non-hydrogen) atoms. The van der Waals surface area contributed by atoms with Crippen molar-refractivity contribution in [3.05, 3.63) is 77.0 Å². The highest BCUT2D eigenvalue weighted by molar-refractivity contribution is 6.06. The summed E-state index contributed by atoms with van der Waals surface area (Å²) in [6, 6.07) is 9.70. The smallest absolute Gasteiger partial charge is 0.319 e. The Bertz CT molecular complexity index is 863. The van der Waals surface area contributed by atoms with Gasteiger partial charge in [-0.1, -0.05) is 18.2 Å². The minimum atomic E-state index is -0.935. The van der Waals surface area contributed by atoms with Crippen LogP contribution in [0.4, 0.5) is 19.3 Å². The predicted octanol–water partition coefficient (Wildman–Crippen LogP) is 3.23. The van der Waals surface area contributed by atoms with Crippen LogP contribution in [0.1, 0.15) is 18.5 Å². The molecule has 3 rings (SSSR count). The number of carbonyl (C=O) groups is 2. The van der Waals surface area contributed by atoms with Gasteiger partial charge in [0.05, 0.1) is 11.6 Å². The molecule has 0 aliphatic carbocycles. The van der Waals surface area contributed by atoms with Gasteiger partial charge >= 0.3 is 6.03 Å². The van der Waals surface area contributed by atoms with Crippen LogP contribution in [0.25, 0.3) is 0 Å². The van der Waals surface area contributed by atoms with Gasteiger partial charge in [-0.15, -0.1) is 0 Å². The Hall–Kier alpha value is -3.22. The van der Waals surface area contributed by atoms with Crippen molar-refractivity contribution >= 4 is 17.6 Å². The van der Waals surface area contributed by atoms with Crippen LogP contribution in [0.5, 0.6) is 0 Å². The van der Waals surface area contributed by atoms with E-state index in [2.05, 4.69) is 16.0 Å². The molecule has 1 aliphatic rings. The SMILES string of the molecule is CC1=C(C(=O)Nc2ccc(F)cc2)C(c2ccccc2F)NC(=O)N1. The summed E-state index contributed by atoms with van der Waals surface area (Å²) in [6.07, 6.45) is 0. The third-order valence-electron chi connectivity index (χ3n) is 3.83. The molecule has 1 atom stereocenters. The lowest BCUT2D eigenvalue weighted by atomic mass is 9.94. The predicted molar refractivity (Wildman–Crippen MR) is 88.5 cm³/mol. The lowest BCUT2D eigenvalue weighted by Gasteiger charge is -2.28. The zero-order valence-corrected chi connectivity index (χ0v) is 13.3. The molecule has 0 radical (unpaired) electrons. The van der Waals surface area contributed by atoms with Crippen molar-refractivity contribution in [1.82, 2.24) is 10.6 Å². The number of rotatable bonds is 3. The van der Waals surface area contributed by atoms with Crippen LogP contribution in [0.2, 0.25) is 0 Å². The van der Waals surface area contributed by atoms with Crippen molar-refractivity contribution in [2.75, 3.05) is 5.32 Å². The number of hydrogen-bond donors (Lipinski definition) is 3. The molecule has 2 aromatic carbocycles. The first kappa shape index (κ1) is 16.6. The van der Waals surface area contributed by atoms with Crippen molar-refractivity contribution in [1.29, 1.82) is 0 Å². The average molecular weight is 343 g/mol. The Morgan fingerprint density at radius 2 is 1.76 bits per heavy atom. The maximum atomic E-state index is 14.2. The first-order valence-electron chi connectivity index (χ1n) is 7.55. The molecule has 0 bridgehead atoms. The van der Waals surface area contributed by atoms with Crippen molar-refractivity contribution in [3.8, 4) is 0 Å². The van der Waals surface area contributed by atoms with E-state index in [0.29, 0.717) is 11.4 Å². The Morgan fingerprint density at radius 1 is 1.08 bits per heavy atom. The molecule has 0 spiro atoms. The second-order valence-electron chi connectivity index (χ2n) is 5.55. The van der Waals surface area contributed by atoms with Crippen molar-refractivity contribution < 1.29 is 18.4 Å². The van der Waals surface area contributed by atoms with Crippen LogP contribution in [-0.2, 0) is 4.79 Å². The molecule has 0 saturated carbocycles. The summed E-state index contributed by atoms with van der Waals surface area (Å²) in [5.41, 5.74) is 1.06. The number of hydrogen-bond acceptors (Lipinski definition) is 2. The Morgan fingerprint density at radius 3 is 2.44 bits per heavy atom. The summed E-state index contributed by atoms with van der Waals surface area (Å²) in [5, 5.41) is 7.70. The van der Waals surface area contributed by atoms with Gasteiger partial charge in [0, 0.05) is 16.9 Å². The summed E-state index contributed by atoms with van der Waals surface area (Å²) in [4.78, 5) is 24.5. The summed E-state index contributed by atoms with van der Waals surface area (Å²) in [6.45, 7) is 1.56. The molecule has 0 aromatic heterocycles. The van der Waals surface area contributed by atoms with Crippen LogP contribution in [0.15, 0.2) is 59.8 Å². The summed E-state index contributed by atoms with van der Waals surface area (Å²) in [7, 11) is 0. The van der Waals surface area contributed by atoms with Crippen molar-refractivity contribution in [2.45, 2.75) is 13.0 Å². The molecule has 0 saturated heterocycles. The number of halogens is 2. The largest absolute Gasteiger partial charge is 0.327 e. The monoisotopic (exact) mass is 343 g/mol. The number of amides is 3. The fourth-order valence-electron chi connectivity index (χ4n) is 2.67. The number of carbonyl (C=O) groups excluding carboxylic acids is 2. The summed E-state index contributed by atoms with van der Waals surface area (Å²) < 4.78 is 27.2. The second kappa shape index (κ2) is 6.72. The standard InChI is InChI=1S/C18H15F2N3O2/c1-10-15(17(24)22-12-8-6-11(19)7-9-12)16(23-18(25)21-10)13-4-2-3-5-14(13)20/h2-9,16H,1H3,(H,22,24)(H2,21,23,25). The first-order valence-corrected chi connectivity index (χ1v) is 7.55. The molecule has 3 amide bonds. The van der Waals surface area contributed by atoms with E-state index in [0.717, 1.165) is 0 Å². The number of anilines is 1. The molecule has 7 heteroatoms. The van der Waals surface area contributed by atoms with Crippen molar-refractivity contribution in [2.24, 2.45) is 0 Å². The molecule has 128 valence electrons. The Kier molecular flexibility index (Phi) is 4.47. The van der Waals surface area contributed by atoms with Gasteiger partial charge in [0.25, 0.3) is 5.91 Å². The van der Waals surface area contributed by atoms with Gasteiger partial charge in [-0.3, -0.25) is 4.79 Å². The lowest BCUT2D eigenvalue weighted by Crippen LogP contribution is -2.46. The maximum Gasteiger partial charge on any atom is 0.319 e. The van der Waals surface area contributed by atoms with E-state index in [1.165, 1.54) is 42.5 Å². The van der Waals surface area contributed by atoms with Gasteiger partial charge in [-0.2, -0.15) is 0 Å². The number of allylic oxidation sites excluding steroid dienone is 1. The minimum absolute atomic E-state index is 0.175. The molecule has 0 fully saturated rings. The molecular weight excluding hydrogens is 328 g/mol. The quantitative estimate of drug-likeness (QED) is 0.801. The average Bonchev–Trinajstić information content (AvgIpc) is 2.56. The van der Waals surface area contributed by atoms with Crippen LogP contribution in [-0.4, -0.2) is 11.9 Å². The minimum Gasteiger partial charge on any atom is -0.327 e. The molecule has 5 nitrogen and oxygen atoms in total. The highest BCUT2D eigenvalue weighted by atomic mass is 19.1. The first-order chi connectivity index (χ1) is 12.0. The van der Waals surface area contributed by atoms with E-state index in [1.807, 2.05) is 0 Å². The van der Waals surface area contributed by atoms with Crippen LogP contribution in [0, 0.1) is 11.6 Å². The van der Waals surface area contributed by atoms with E-state index >= 15 is 0 Å². The van der Waals surface area contributed by atoms with Gasteiger partial charge in [0.15, 0.2) is 0 Å². The summed E-state index contributed by atoms with van der Waals surface area (Å²) >= 11 is 0. The Balaban J connectivity index is 1.96. The van der Waals surface area contributed by atoms with E-state index in [-0.39, 0.29) is 11.1 Å². The highest BCUT2D eigenvalue weighted by Crippen LogP contribution is 2.29. The van der Waals surface area contributed by atoms with Gasteiger partial charge < -0.3 is 16.0 Å². The third-order valence-corrected chi connectivity index (χ3v) is 3.83. The normalized spacial score (nSPS) is 16.9. The number of benzene rings is 2.